The Morgan fingerprint density at radius 3 is 3.00 bits per heavy atom. The van der Waals surface area contributed by atoms with Crippen LogP contribution in [-0.4, -0.2) is 42.6 Å². The molecular formula is C10H18N2O2. The van der Waals surface area contributed by atoms with Crippen molar-refractivity contribution in [3.8, 4) is 0 Å². The van der Waals surface area contributed by atoms with E-state index in [1.54, 1.807) is 0 Å². The Kier molecular flexibility index (Phi) is 2.49. The first-order valence-electron chi connectivity index (χ1n) is 5.24. The molecule has 2 aliphatic heterocycles. The lowest BCUT2D eigenvalue weighted by atomic mass is 9.99. The first-order chi connectivity index (χ1) is 6.65. The van der Waals surface area contributed by atoms with Crippen molar-refractivity contribution in [3.63, 3.8) is 0 Å². The van der Waals surface area contributed by atoms with Crippen LogP contribution in [0.3, 0.4) is 0 Å². The summed E-state index contributed by atoms with van der Waals surface area (Å²) in [7, 11) is 0. The van der Waals surface area contributed by atoms with Gasteiger partial charge in [0.15, 0.2) is 0 Å². The second kappa shape index (κ2) is 3.51. The quantitative estimate of drug-likeness (QED) is 0.678. The summed E-state index contributed by atoms with van der Waals surface area (Å²) >= 11 is 0. The van der Waals surface area contributed by atoms with Crippen LogP contribution in [0.1, 0.15) is 19.8 Å². The minimum absolute atomic E-state index is 0.0684. The lowest BCUT2D eigenvalue weighted by Crippen LogP contribution is -2.48. The number of carbonyl (C=O) groups excluding carboxylic acids is 1. The average molecular weight is 198 g/mol. The number of likely N-dealkylation sites (tertiary alicyclic amines) is 1. The van der Waals surface area contributed by atoms with Gasteiger partial charge in [0.1, 0.15) is 0 Å². The Labute approximate surface area is 84.4 Å². The summed E-state index contributed by atoms with van der Waals surface area (Å²) in [5, 5.41) is 0. The van der Waals surface area contributed by atoms with Gasteiger partial charge in [-0.05, 0) is 25.8 Å². The average Bonchev–Trinajstić information content (AvgIpc) is 2.73. The summed E-state index contributed by atoms with van der Waals surface area (Å²) in [6, 6.07) is 0. The summed E-state index contributed by atoms with van der Waals surface area (Å²) in [6.07, 6.45) is 1.57. The van der Waals surface area contributed by atoms with Gasteiger partial charge in [0, 0.05) is 19.6 Å². The first kappa shape index (κ1) is 9.93. The first-order valence-corrected chi connectivity index (χ1v) is 5.24. The Bertz CT molecular complexity index is 236. The molecule has 80 valence electrons. The van der Waals surface area contributed by atoms with Crippen molar-refractivity contribution in [3.05, 3.63) is 0 Å². The third kappa shape index (κ3) is 1.53. The maximum atomic E-state index is 11.8. The van der Waals surface area contributed by atoms with Crippen LogP contribution >= 0.6 is 0 Å². The van der Waals surface area contributed by atoms with E-state index >= 15 is 0 Å². The standard InChI is InChI=1S/C10H18N2O2/c1-10(2-3-14-7-10)12-6-8(5-11)4-9(12)13/h8H,2-7,11H2,1H3. The number of rotatable bonds is 2. The highest BCUT2D eigenvalue weighted by atomic mass is 16.5. The molecule has 0 bridgehead atoms. The molecule has 0 aromatic heterocycles. The van der Waals surface area contributed by atoms with Gasteiger partial charge in [-0.25, -0.2) is 0 Å². The summed E-state index contributed by atoms with van der Waals surface area (Å²) in [5.41, 5.74) is 5.52. The van der Waals surface area contributed by atoms with Crippen molar-refractivity contribution in [2.75, 3.05) is 26.3 Å². The minimum atomic E-state index is -0.0684. The molecule has 2 atom stereocenters. The molecule has 2 N–H and O–H groups in total. The van der Waals surface area contributed by atoms with E-state index in [0.717, 1.165) is 19.6 Å². The van der Waals surface area contributed by atoms with E-state index in [-0.39, 0.29) is 11.4 Å². The molecule has 2 rings (SSSR count). The van der Waals surface area contributed by atoms with Gasteiger partial charge in [0.05, 0.1) is 12.1 Å². The van der Waals surface area contributed by atoms with Gasteiger partial charge in [-0.3, -0.25) is 4.79 Å². The summed E-state index contributed by atoms with van der Waals surface area (Å²) in [4.78, 5) is 13.7. The van der Waals surface area contributed by atoms with E-state index in [9.17, 15) is 4.79 Å². The molecule has 0 aliphatic carbocycles. The van der Waals surface area contributed by atoms with Crippen LogP contribution in [0, 0.1) is 5.92 Å². The van der Waals surface area contributed by atoms with Crippen LogP contribution in [0.4, 0.5) is 0 Å². The summed E-state index contributed by atoms with van der Waals surface area (Å²) < 4.78 is 5.36. The molecule has 2 aliphatic rings. The minimum Gasteiger partial charge on any atom is -0.379 e. The highest BCUT2D eigenvalue weighted by Gasteiger charge is 2.43. The van der Waals surface area contributed by atoms with Crippen LogP contribution < -0.4 is 5.73 Å². The van der Waals surface area contributed by atoms with Crippen LogP contribution in [0.25, 0.3) is 0 Å². The molecule has 0 aromatic carbocycles. The molecule has 1 amide bonds. The Hall–Kier alpha value is -0.610. The number of hydrogen-bond acceptors (Lipinski definition) is 3. The lowest BCUT2D eigenvalue weighted by molar-refractivity contribution is -0.132. The largest absolute Gasteiger partial charge is 0.379 e. The molecule has 14 heavy (non-hydrogen) atoms. The third-order valence-corrected chi connectivity index (χ3v) is 3.39. The number of ether oxygens (including phenoxy) is 1. The molecule has 2 heterocycles. The smallest absolute Gasteiger partial charge is 0.223 e. The Balaban J connectivity index is 2.07. The normalized spacial score (nSPS) is 38.3. The second-order valence-electron chi connectivity index (χ2n) is 4.61. The van der Waals surface area contributed by atoms with E-state index in [0.29, 0.717) is 25.5 Å². The van der Waals surface area contributed by atoms with Crippen molar-refractivity contribution in [2.45, 2.75) is 25.3 Å². The second-order valence-corrected chi connectivity index (χ2v) is 4.61. The number of hydrogen-bond donors (Lipinski definition) is 1. The molecule has 2 saturated heterocycles. The monoisotopic (exact) mass is 198 g/mol. The van der Waals surface area contributed by atoms with Gasteiger partial charge < -0.3 is 15.4 Å². The number of carbonyl (C=O) groups is 1. The predicted molar refractivity (Wildman–Crippen MR) is 52.7 cm³/mol. The van der Waals surface area contributed by atoms with Crippen LogP contribution in [0.2, 0.25) is 0 Å². The highest BCUT2D eigenvalue weighted by Crippen LogP contribution is 2.31. The third-order valence-electron chi connectivity index (χ3n) is 3.39. The topological polar surface area (TPSA) is 55.6 Å². The van der Waals surface area contributed by atoms with E-state index in [1.807, 2.05) is 4.90 Å². The zero-order valence-corrected chi connectivity index (χ0v) is 8.66. The van der Waals surface area contributed by atoms with Crippen molar-refractivity contribution in [1.29, 1.82) is 0 Å². The molecular weight excluding hydrogens is 180 g/mol. The van der Waals surface area contributed by atoms with Gasteiger partial charge in [0.25, 0.3) is 0 Å². The SMILES string of the molecule is CC1(N2CC(CN)CC2=O)CCOC1. The highest BCUT2D eigenvalue weighted by molar-refractivity contribution is 5.79. The molecule has 4 nitrogen and oxygen atoms in total. The zero-order valence-electron chi connectivity index (χ0n) is 8.66. The van der Waals surface area contributed by atoms with Crippen LogP contribution in [0.15, 0.2) is 0 Å². The summed E-state index contributed by atoms with van der Waals surface area (Å²) in [6.45, 7) is 4.98. The zero-order chi connectivity index (χ0) is 10.2. The van der Waals surface area contributed by atoms with Crippen molar-refractivity contribution in [1.82, 2.24) is 4.90 Å². The van der Waals surface area contributed by atoms with Crippen LogP contribution in [-0.2, 0) is 9.53 Å². The number of nitrogens with zero attached hydrogens (tertiary/aromatic N) is 1. The van der Waals surface area contributed by atoms with E-state index in [2.05, 4.69) is 6.92 Å². The Morgan fingerprint density at radius 2 is 2.50 bits per heavy atom. The van der Waals surface area contributed by atoms with Crippen LogP contribution in [0.5, 0.6) is 0 Å². The van der Waals surface area contributed by atoms with Gasteiger partial charge in [-0.2, -0.15) is 0 Å². The van der Waals surface area contributed by atoms with Crippen molar-refractivity contribution in [2.24, 2.45) is 11.7 Å². The van der Waals surface area contributed by atoms with E-state index < -0.39 is 0 Å². The van der Waals surface area contributed by atoms with Gasteiger partial charge in [-0.1, -0.05) is 0 Å². The van der Waals surface area contributed by atoms with E-state index in [4.69, 9.17) is 10.5 Å². The maximum Gasteiger partial charge on any atom is 0.223 e. The van der Waals surface area contributed by atoms with Gasteiger partial charge in [-0.15, -0.1) is 0 Å². The molecule has 4 heteroatoms. The van der Waals surface area contributed by atoms with Gasteiger partial charge >= 0.3 is 0 Å². The number of nitrogens with two attached hydrogens (primary N) is 1. The molecule has 0 saturated carbocycles. The Morgan fingerprint density at radius 1 is 1.71 bits per heavy atom. The fraction of sp³-hybridized carbons (Fsp3) is 0.900. The number of amides is 1. The van der Waals surface area contributed by atoms with Crippen molar-refractivity contribution >= 4 is 5.91 Å². The lowest BCUT2D eigenvalue weighted by Gasteiger charge is -2.34. The molecule has 0 aromatic rings. The van der Waals surface area contributed by atoms with Crippen molar-refractivity contribution < 1.29 is 9.53 Å². The van der Waals surface area contributed by atoms with E-state index in [1.165, 1.54) is 0 Å². The fourth-order valence-corrected chi connectivity index (χ4v) is 2.33. The predicted octanol–water partition coefficient (Wildman–Crippen LogP) is -0.0274. The molecule has 0 spiro atoms. The fourth-order valence-electron chi connectivity index (χ4n) is 2.33. The molecule has 2 fully saturated rings. The van der Waals surface area contributed by atoms with Gasteiger partial charge in [0.2, 0.25) is 5.91 Å². The molecule has 2 unspecified atom stereocenters. The maximum absolute atomic E-state index is 11.8. The molecule has 0 radical (unpaired) electrons. The summed E-state index contributed by atoms with van der Waals surface area (Å²) in [5.74, 6) is 0.591.